The number of nitrogens with one attached hydrogen (secondary N) is 1. The van der Waals surface area contributed by atoms with Crippen LogP contribution in [0.25, 0.3) is 0 Å². The van der Waals surface area contributed by atoms with Crippen molar-refractivity contribution in [2.75, 3.05) is 10.8 Å². The number of halogens is 1. The summed E-state index contributed by atoms with van der Waals surface area (Å²) in [5.74, 6) is -0.737. The smallest absolute Gasteiger partial charge is 0.264 e. The fourth-order valence-electron chi connectivity index (χ4n) is 5.98. The Bertz CT molecular complexity index is 1760. The molecule has 1 N–H and O–H groups in total. The highest BCUT2D eigenvalue weighted by Gasteiger charge is 2.36. The third-order valence-corrected chi connectivity index (χ3v) is 10.6. The fourth-order valence-corrected chi connectivity index (χ4v) is 7.63. The Balaban J connectivity index is 1.59. The normalized spacial score (nSPS) is 14.1. The maximum absolute atomic E-state index is 14.7. The van der Waals surface area contributed by atoms with Gasteiger partial charge in [0.15, 0.2) is 0 Å². The quantitative estimate of drug-likeness (QED) is 0.181. The Morgan fingerprint density at radius 2 is 1.48 bits per heavy atom. The van der Waals surface area contributed by atoms with Gasteiger partial charge in [-0.1, -0.05) is 103 Å². The second-order valence-electron chi connectivity index (χ2n) is 11.9. The first kappa shape index (κ1) is 33.2. The SMILES string of the molecule is Cc1ccccc1CN(C(=O)CN(c1cc(Cl)ccc1C)S(=O)(=O)c1ccccc1)C(Cc1ccccc1)C(=O)NC1CCCC1. The van der Waals surface area contributed by atoms with E-state index in [1.165, 1.54) is 12.1 Å². The Hall–Kier alpha value is -4.14. The van der Waals surface area contributed by atoms with E-state index in [0.29, 0.717) is 16.3 Å². The first-order valence-corrected chi connectivity index (χ1v) is 17.5. The summed E-state index contributed by atoms with van der Waals surface area (Å²) < 4.78 is 29.6. The van der Waals surface area contributed by atoms with Gasteiger partial charge in [-0.25, -0.2) is 8.42 Å². The minimum absolute atomic E-state index is 0.0465. The number of anilines is 1. The van der Waals surface area contributed by atoms with Gasteiger partial charge >= 0.3 is 0 Å². The number of amides is 2. The van der Waals surface area contributed by atoms with Crippen LogP contribution in [0.15, 0.2) is 108 Å². The van der Waals surface area contributed by atoms with Crippen LogP contribution in [0, 0.1) is 13.8 Å². The molecule has 0 radical (unpaired) electrons. The monoisotopic (exact) mass is 657 g/mol. The number of nitrogens with zero attached hydrogens (tertiary/aromatic N) is 2. The molecule has 1 atom stereocenters. The molecule has 1 aliphatic rings. The fraction of sp³-hybridized carbons (Fsp3) is 0.297. The molecule has 0 aliphatic heterocycles. The largest absolute Gasteiger partial charge is 0.352 e. The van der Waals surface area contributed by atoms with Crippen molar-refractivity contribution in [3.8, 4) is 0 Å². The summed E-state index contributed by atoms with van der Waals surface area (Å²) in [4.78, 5) is 30.4. The predicted octanol–water partition coefficient (Wildman–Crippen LogP) is 6.85. The van der Waals surface area contributed by atoms with Gasteiger partial charge in [0.2, 0.25) is 11.8 Å². The Morgan fingerprint density at radius 1 is 0.848 bits per heavy atom. The van der Waals surface area contributed by atoms with Crippen LogP contribution in [-0.2, 0) is 32.6 Å². The summed E-state index contributed by atoms with van der Waals surface area (Å²) in [5, 5.41) is 3.55. The van der Waals surface area contributed by atoms with Crippen molar-refractivity contribution in [1.29, 1.82) is 0 Å². The summed E-state index contributed by atoms with van der Waals surface area (Å²) in [6.07, 6.45) is 4.16. The van der Waals surface area contributed by atoms with Crippen LogP contribution in [0.1, 0.15) is 47.9 Å². The topological polar surface area (TPSA) is 86.8 Å². The second kappa shape index (κ2) is 15.0. The lowest BCUT2D eigenvalue weighted by molar-refractivity contribution is -0.140. The number of benzene rings is 4. The molecule has 5 rings (SSSR count). The molecule has 1 fully saturated rings. The minimum atomic E-state index is -4.20. The first-order valence-electron chi connectivity index (χ1n) is 15.7. The Kier molecular flexibility index (Phi) is 10.8. The number of carbonyl (C=O) groups excluding carboxylic acids is 2. The molecule has 1 unspecified atom stereocenters. The number of rotatable bonds is 12. The van der Waals surface area contributed by atoms with E-state index < -0.39 is 28.5 Å². The molecule has 7 nitrogen and oxygen atoms in total. The zero-order chi connectivity index (χ0) is 32.7. The molecule has 0 heterocycles. The number of carbonyl (C=O) groups is 2. The van der Waals surface area contributed by atoms with Gasteiger partial charge in [0, 0.05) is 24.0 Å². The van der Waals surface area contributed by atoms with Gasteiger partial charge in [0.25, 0.3) is 10.0 Å². The van der Waals surface area contributed by atoms with Gasteiger partial charge in [0.1, 0.15) is 12.6 Å². The molecule has 0 saturated heterocycles. The molecule has 46 heavy (non-hydrogen) atoms. The molecular formula is C37H40ClN3O4S. The number of hydrogen-bond acceptors (Lipinski definition) is 4. The molecule has 1 saturated carbocycles. The highest BCUT2D eigenvalue weighted by Crippen LogP contribution is 2.30. The molecule has 2 amide bonds. The number of aryl methyl sites for hydroxylation is 2. The van der Waals surface area contributed by atoms with Crippen molar-refractivity contribution in [3.05, 3.63) is 130 Å². The van der Waals surface area contributed by atoms with Gasteiger partial charge in [-0.05, 0) is 73.2 Å². The maximum atomic E-state index is 14.7. The summed E-state index contributed by atoms with van der Waals surface area (Å²) in [7, 11) is -4.20. The number of sulfonamides is 1. The average molecular weight is 658 g/mol. The van der Waals surface area contributed by atoms with Gasteiger partial charge in [-0.3, -0.25) is 13.9 Å². The van der Waals surface area contributed by atoms with Crippen LogP contribution in [-0.4, -0.2) is 43.8 Å². The highest BCUT2D eigenvalue weighted by molar-refractivity contribution is 7.92. The van der Waals surface area contributed by atoms with E-state index in [4.69, 9.17) is 11.6 Å². The molecule has 0 aromatic heterocycles. The van der Waals surface area contributed by atoms with Crippen LogP contribution in [0.4, 0.5) is 5.69 Å². The van der Waals surface area contributed by atoms with E-state index in [1.807, 2.05) is 61.5 Å². The van der Waals surface area contributed by atoms with Crippen molar-refractivity contribution in [2.45, 2.75) is 69.5 Å². The van der Waals surface area contributed by atoms with E-state index in [2.05, 4.69) is 5.32 Å². The van der Waals surface area contributed by atoms with Crippen molar-refractivity contribution in [1.82, 2.24) is 10.2 Å². The van der Waals surface area contributed by atoms with E-state index in [1.54, 1.807) is 48.2 Å². The molecule has 240 valence electrons. The van der Waals surface area contributed by atoms with Crippen LogP contribution >= 0.6 is 11.6 Å². The summed E-state index contributed by atoms with van der Waals surface area (Å²) in [6, 6.07) is 29.5. The van der Waals surface area contributed by atoms with Crippen LogP contribution in [0.3, 0.4) is 0 Å². The van der Waals surface area contributed by atoms with Crippen molar-refractivity contribution in [3.63, 3.8) is 0 Å². The lowest BCUT2D eigenvalue weighted by atomic mass is 10.0. The lowest BCUT2D eigenvalue weighted by Crippen LogP contribution is -2.54. The zero-order valence-corrected chi connectivity index (χ0v) is 27.8. The first-order chi connectivity index (χ1) is 22.1. The van der Waals surface area contributed by atoms with Gasteiger partial charge in [-0.2, -0.15) is 0 Å². The van der Waals surface area contributed by atoms with Crippen LogP contribution in [0.2, 0.25) is 5.02 Å². The predicted molar refractivity (Wildman–Crippen MR) is 183 cm³/mol. The Labute approximate surface area is 277 Å². The van der Waals surface area contributed by atoms with Gasteiger partial charge in [0.05, 0.1) is 10.6 Å². The summed E-state index contributed by atoms with van der Waals surface area (Å²) in [5.41, 5.74) is 3.68. The van der Waals surface area contributed by atoms with Crippen molar-refractivity contribution in [2.24, 2.45) is 0 Å². The van der Waals surface area contributed by atoms with Crippen molar-refractivity contribution < 1.29 is 18.0 Å². The van der Waals surface area contributed by atoms with E-state index in [0.717, 1.165) is 46.7 Å². The molecule has 0 spiro atoms. The second-order valence-corrected chi connectivity index (χ2v) is 14.2. The van der Waals surface area contributed by atoms with E-state index >= 15 is 0 Å². The molecule has 4 aromatic carbocycles. The van der Waals surface area contributed by atoms with Gasteiger partial charge < -0.3 is 10.2 Å². The van der Waals surface area contributed by atoms with Gasteiger partial charge in [-0.15, -0.1) is 0 Å². The summed E-state index contributed by atoms with van der Waals surface area (Å²) in [6.45, 7) is 3.35. The van der Waals surface area contributed by atoms with Crippen LogP contribution in [0.5, 0.6) is 0 Å². The van der Waals surface area contributed by atoms with E-state index in [-0.39, 0.29) is 29.8 Å². The Morgan fingerprint density at radius 3 is 2.15 bits per heavy atom. The standard InChI is InChI=1S/C37H40ClN3O4S/c1-27-13-9-10-16-30(27)25-40(35(23-29-14-5-3-6-15-29)37(43)39-32-17-11-12-18-32)36(42)26-41(34-24-31(38)22-21-28(34)2)46(44,45)33-19-7-4-8-20-33/h3-10,13-16,19-22,24,32,35H,11-12,17-18,23,25-26H2,1-2H3,(H,39,43). The summed E-state index contributed by atoms with van der Waals surface area (Å²) >= 11 is 6.37. The molecule has 0 bridgehead atoms. The van der Waals surface area contributed by atoms with E-state index in [9.17, 15) is 18.0 Å². The molecular weight excluding hydrogens is 618 g/mol. The molecule has 1 aliphatic carbocycles. The zero-order valence-electron chi connectivity index (χ0n) is 26.2. The minimum Gasteiger partial charge on any atom is -0.352 e. The molecule has 9 heteroatoms. The number of hydrogen-bond donors (Lipinski definition) is 1. The van der Waals surface area contributed by atoms with Crippen molar-refractivity contribution >= 4 is 39.1 Å². The highest BCUT2D eigenvalue weighted by atomic mass is 35.5. The molecule has 4 aromatic rings. The van der Waals surface area contributed by atoms with Crippen LogP contribution < -0.4 is 9.62 Å². The lowest BCUT2D eigenvalue weighted by Gasteiger charge is -2.35. The average Bonchev–Trinajstić information content (AvgIpc) is 3.57. The third kappa shape index (κ3) is 7.98. The maximum Gasteiger partial charge on any atom is 0.264 e. The third-order valence-electron chi connectivity index (χ3n) is 8.62.